The van der Waals surface area contributed by atoms with Gasteiger partial charge in [0, 0.05) is 14.3 Å². The molecule has 0 amide bonds. The third kappa shape index (κ3) is 3.16. The molecule has 0 aromatic heterocycles. The monoisotopic (exact) mass is 402 g/mol. The van der Waals surface area contributed by atoms with Crippen molar-refractivity contribution in [1.82, 2.24) is 0 Å². The van der Waals surface area contributed by atoms with Gasteiger partial charge in [0.05, 0.1) is 11.3 Å². The first-order valence-electron chi connectivity index (χ1n) is 5.00. The lowest BCUT2D eigenvalue weighted by atomic mass is 9.94. The Morgan fingerprint density at radius 1 is 1.22 bits per heavy atom. The van der Waals surface area contributed by atoms with Gasteiger partial charge < -0.3 is 5.11 Å². The van der Waals surface area contributed by atoms with Crippen LogP contribution in [0.3, 0.4) is 0 Å². The fourth-order valence-corrected chi connectivity index (χ4v) is 3.65. The Labute approximate surface area is 124 Å². The van der Waals surface area contributed by atoms with Crippen molar-refractivity contribution in [2.75, 3.05) is 0 Å². The van der Waals surface area contributed by atoms with Gasteiger partial charge in [0.2, 0.25) is 9.05 Å². The summed E-state index contributed by atoms with van der Waals surface area (Å²) in [6.07, 6.45) is 0. The van der Waals surface area contributed by atoms with Crippen LogP contribution in [-0.4, -0.2) is 19.5 Å². The molecule has 0 saturated carbocycles. The molecule has 1 N–H and O–H groups in total. The van der Waals surface area contributed by atoms with Crippen molar-refractivity contribution in [2.45, 2.75) is 26.5 Å². The lowest BCUT2D eigenvalue weighted by molar-refractivity contribution is 0.0695. The molecule has 0 saturated heterocycles. The van der Waals surface area contributed by atoms with Crippen LogP contribution in [0.15, 0.2) is 0 Å². The Kier molecular flexibility index (Phi) is 4.66. The summed E-state index contributed by atoms with van der Waals surface area (Å²) < 4.78 is 23.2. The largest absolute Gasteiger partial charge is 0.478 e. The zero-order valence-corrected chi connectivity index (χ0v) is 13.8. The maximum absolute atomic E-state index is 11.2. The molecule has 0 heterocycles. The second-order valence-corrected chi connectivity index (χ2v) is 7.89. The van der Waals surface area contributed by atoms with Crippen molar-refractivity contribution in [3.63, 3.8) is 0 Å². The molecular weight excluding hydrogens is 391 g/mol. The van der Waals surface area contributed by atoms with Gasteiger partial charge in [-0.05, 0) is 65.6 Å². The smallest absolute Gasteiger partial charge is 0.336 e. The molecule has 7 heteroatoms. The average Bonchev–Trinajstić information content (AvgIpc) is 2.20. The lowest BCUT2D eigenvalue weighted by Gasteiger charge is -2.16. The number of halogens is 2. The molecule has 0 fully saturated rings. The van der Waals surface area contributed by atoms with Gasteiger partial charge in [0.1, 0.15) is 0 Å². The van der Waals surface area contributed by atoms with E-state index >= 15 is 0 Å². The summed E-state index contributed by atoms with van der Waals surface area (Å²) in [5, 5.41) is 9.20. The lowest BCUT2D eigenvalue weighted by Crippen LogP contribution is -2.12. The first-order chi connectivity index (χ1) is 8.06. The summed E-state index contributed by atoms with van der Waals surface area (Å²) in [4.78, 5) is 11.2. The Balaban J connectivity index is 3.68. The van der Waals surface area contributed by atoms with E-state index in [4.69, 9.17) is 10.7 Å². The van der Waals surface area contributed by atoms with E-state index in [1.807, 2.05) is 22.6 Å². The number of aromatic carboxylic acids is 1. The number of benzene rings is 1. The summed E-state index contributed by atoms with van der Waals surface area (Å²) in [5.41, 5.74) is 2.49. The van der Waals surface area contributed by atoms with E-state index in [1.165, 1.54) is 0 Å². The predicted molar refractivity (Wildman–Crippen MR) is 78.8 cm³/mol. The van der Waals surface area contributed by atoms with Crippen LogP contribution in [0.25, 0.3) is 0 Å². The van der Waals surface area contributed by atoms with Crippen LogP contribution in [0.5, 0.6) is 0 Å². The Hall–Kier alpha value is -0.340. The van der Waals surface area contributed by atoms with E-state index in [9.17, 15) is 18.3 Å². The number of carboxylic acids is 1. The summed E-state index contributed by atoms with van der Waals surface area (Å²) in [6.45, 7) is 5.09. The standard InChI is InChI=1S/C11H12ClIO4S/c1-5-8(4-18(12,16)17)6(2)10(13)7(3)9(5)11(14)15/h4H2,1-3H3,(H,14,15). The topological polar surface area (TPSA) is 71.4 Å². The van der Waals surface area contributed by atoms with Gasteiger partial charge in [-0.15, -0.1) is 0 Å². The summed E-state index contributed by atoms with van der Waals surface area (Å²) >= 11 is 2.02. The molecule has 1 aromatic rings. The molecule has 100 valence electrons. The van der Waals surface area contributed by atoms with E-state index in [2.05, 4.69) is 0 Å². The third-order valence-corrected chi connectivity index (χ3v) is 5.42. The highest BCUT2D eigenvalue weighted by molar-refractivity contribution is 14.1. The Bertz CT molecular complexity index is 623. The summed E-state index contributed by atoms with van der Waals surface area (Å²) in [5.74, 6) is -1.42. The van der Waals surface area contributed by atoms with Gasteiger partial charge in [-0.3, -0.25) is 0 Å². The first-order valence-corrected chi connectivity index (χ1v) is 8.55. The molecule has 4 nitrogen and oxygen atoms in total. The van der Waals surface area contributed by atoms with Crippen molar-refractivity contribution in [3.05, 3.63) is 31.4 Å². The van der Waals surface area contributed by atoms with Crippen LogP contribution in [-0.2, 0) is 14.8 Å². The molecule has 0 bridgehead atoms. The van der Waals surface area contributed by atoms with Gasteiger partial charge >= 0.3 is 5.97 Å². The number of hydrogen-bond acceptors (Lipinski definition) is 3. The van der Waals surface area contributed by atoms with Gasteiger partial charge in [-0.25, -0.2) is 13.2 Å². The Morgan fingerprint density at radius 2 is 1.72 bits per heavy atom. The molecule has 1 rings (SSSR count). The molecule has 0 radical (unpaired) electrons. The van der Waals surface area contributed by atoms with Crippen LogP contribution >= 0.6 is 33.3 Å². The average molecular weight is 403 g/mol. The second kappa shape index (κ2) is 5.34. The predicted octanol–water partition coefficient (Wildman–Crippen LogP) is 2.98. The molecule has 0 atom stereocenters. The van der Waals surface area contributed by atoms with E-state index < -0.39 is 15.0 Å². The highest BCUT2D eigenvalue weighted by Crippen LogP contribution is 2.30. The molecule has 0 spiro atoms. The maximum atomic E-state index is 11.2. The van der Waals surface area contributed by atoms with Crippen molar-refractivity contribution in [3.8, 4) is 0 Å². The molecule has 0 aliphatic rings. The maximum Gasteiger partial charge on any atom is 0.336 e. The quantitative estimate of drug-likeness (QED) is 0.623. The van der Waals surface area contributed by atoms with Crippen LogP contribution in [0.4, 0.5) is 0 Å². The van der Waals surface area contributed by atoms with Gasteiger partial charge in [-0.1, -0.05) is 0 Å². The van der Waals surface area contributed by atoms with E-state index in [-0.39, 0.29) is 11.3 Å². The van der Waals surface area contributed by atoms with E-state index in [0.717, 1.165) is 9.13 Å². The zero-order valence-electron chi connectivity index (χ0n) is 10.0. The van der Waals surface area contributed by atoms with Gasteiger partial charge in [-0.2, -0.15) is 0 Å². The fourth-order valence-electron chi connectivity index (χ4n) is 1.95. The third-order valence-electron chi connectivity index (χ3n) is 2.84. The number of hydrogen-bond donors (Lipinski definition) is 1. The summed E-state index contributed by atoms with van der Waals surface area (Å²) in [6, 6.07) is 0. The van der Waals surface area contributed by atoms with Crippen LogP contribution < -0.4 is 0 Å². The van der Waals surface area contributed by atoms with Crippen molar-refractivity contribution < 1.29 is 18.3 Å². The number of rotatable bonds is 3. The normalized spacial score (nSPS) is 11.6. The van der Waals surface area contributed by atoms with Crippen LogP contribution in [0.2, 0.25) is 0 Å². The first kappa shape index (κ1) is 15.7. The molecule has 18 heavy (non-hydrogen) atoms. The minimum atomic E-state index is -3.72. The molecule has 0 aliphatic carbocycles. The highest BCUT2D eigenvalue weighted by atomic mass is 127. The van der Waals surface area contributed by atoms with Crippen molar-refractivity contribution in [1.29, 1.82) is 0 Å². The summed E-state index contributed by atoms with van der Waals surface area (Å²) in [7, 11) is 1.54. The van der Waals surface area contributed by atoms with Gasteiger partial charge in [0.15, 0.2) is 0 Å². The van der Waals surface area contributed by atoms with Gasteiger partial charge in [0.25, 0.3) is 0 Å². The molecule has 0 aliphatic heterocycles. The SMILES string of the molecule is Cc1c(I)c(C)c(C(=O)O)c(C)c1CS(=O)(=O)Cl. The molecule has 0 unspecified atom stereocenters. The highest BCUT2D eigenvalue weighted by Gasteiger charge is 2.22. The van der Waals surface area contributed by atoms with E-state index in [0.29, 0.717) is 16.7 Å². The zero-order chi connectivity index (χ0) is 14.2. The van der Waals surface area contributed by atoms with E-state index in [1.54, 1.807) is 20.8 Å². The minimum Gasteiger partial charge on any atom is -0.478 e. The molecular formula is C11H12ClIO4S. The number of carbonyl (C=O) groups is 1. The Morgan fingerprint density at radius 3 is 2.11 bits per heavy atom. The fraction of sp³-hybridized carbons (Fsp3) is 0.364. The second-order valence-electron chi connectivity index (χ2n) is 4.03. The van der Waals surface area contributed by atoms with Crippen molar-refractivity contribution >= 4 is 48.3 Å². The van der Waals surface area contributed by atoms with Crippen LogP contribution in [0.1, 0.15) is 32.6 Å². The minimum absolute atomic E-state index is 0.153. The van der Waals surface area contributed by atoms with Crippen LogP contribution in [0, 0.1) is 24.3 Å². The van der Waals surface area contributed by atoms with Crippen molar-refractivity contribution in [2.24, 2.45) is 0 Å². The number of carboxylic acid groups (broad SMARTS) is 1. The molecule has 1 aromatic carbocycles.